The molecule has 0 aromatic carbocycles. The lowest BCUT2D eigenvalue weighted by atomic mass is 9.88. The fourth-order valence-corrected chi connectivity index (χ4v) is 6.22. The molecule has 2 aliphatic rings. The average Bonchev–Trinajstić information content (AvgIpc) is 2.39. The number of hydrogen-bond donors (Lipinski definition) is 0. The third-order valence-electron chi connectivity index (χ3n) is 3.88. The minimum absolute atomic E-state index is 0.199. The van der Waals surface area contributed by atoms with Crippen LogP contribution in [-0.2, 0) is 27.3 Å². The molecule has 2 fully saturated rings. The van der Waals surface area contributed by atoms with E-state index in [1.165, 1.54) is 0 Å². The lowest BCUT2D eigenvalue weighted by Crippen LogP contribution is -2.68. The fourth-order valence-electron chi connectivity index (χ4n) is 3.19. The second-order valence-corrected chi connectivity index (χ2v) is 23.5. The molecule has 26 heavy (non-hydrogen) atoms. The van der Waals surface area contributed by atoms with Crippen LogP contribution in [0.5, 0.6) is 0 Å². The Morgan fingerprint density at radius 2 is 1.27 bits per heavy atom. The van der Waals surface area contributed by atoms with Crippen LogP contribution in [0, 0.1) is 0 Å². The Morgan fingerprint density at radius 3 is 1.77 bits per heavy atom. The summed E-state index contributed by atoms with van der Waals surface area (Å²) in [5.41, 5.74) is 0. The van der Waals surface area contributed by atoms with E-state index in [9.17, 15) is 0 Å². The van der Waals surface area contributed by atoms with E-state index >= 15 is 0 Å². The Hall–Kier alpha value is 0.476. The molecular formula is C16H37BO6Si3. The summed E-state index contributed by atoms with van der Waals surface area (Å²) >= 11 is 0. The highest BCUT2D eigenvalue weighted by molar-refractivity contribution is 6.70. The van der Waals surface area contributed by atoms with E-state index in [1.54, 1.807) is 0 Å². The highest BCUT2D eigenvalue weighted by Crippen LogP contribution is 2.35. The van der Waals surface area contributed by atoms with E-state index in [0.29, 0.717) is 6.61 Å². The lowest BCUT2D eigenvalue weighted by Gasteiger charge is -2.52. The number of fused-ring (bicyclic) bond motifs is 1. The van der Waals surface area contributed by atoms with Crippen LogP contribution < -0.4 is 0 Å². The molecule has 152 valence electrons. The molecule has 5 atom stereocenters. The molecule has 0 spiro atoms. The summed E-state index contributed by atoms with van der Waals surface area (Å²) in [6, 6.07) is 0. The molecule has 0 amide bonds. The first-order valence-corrected chi connectivity index (χ1v) is 19.8. The van der Waals surface area contributed by atoms with Crippen LogP contribution >= 0.6 is 0 Å². The molecule has 0 bridgehead atoms. The van der Waals surface area contributed by atoms with Gasteiger partial charge in [0.05, 0.1) is 12.7 Å². The maximum Gasteiger partial charge on any atom is 0.453 e. The smallest absolute Gasteiger partial charge is 0.409 e. The molecule has 10 heteroatoms. The Labute approximate surface area is 162 Å². The third-order valence-corrected chi connectivity index (χ3v) is 6.78. The minimum Gasteiger partial charge on any atom is -0.409 e. The Balaban J connectivity index is 2.36. The van der Waals surface area contributed by atoms with Crippen LogP contribution in [0.2, 0.25) is 65.7 Å². The summed E-state index contributed by atoms with van der Waals surface area (Å²) in [7, 11) is -5.79. The predicted octanol–water partition coefficient (Wildman–Crippen LogP) is 3.54. The SMILES string of the molecule is CB1OC[C@H]2O[C@H](O[Si](C)(C)C)[C@H](O[Si](C)(C)C)[C@@H](O[Si](C)(C)C)[C@H]2O1. The van der Waals surface area contributed by atoms with E-state index in [2.05, 4.69) is 58.9 Å². The maximum atomic E-state index is 6.61. The van der Waals surface area contributed by atoms with Crippen LogP contribution in [-0.4, -0.2) is 69.4 Å². The summed E-state index contributed by atoms with van der Waals surface area (Å²) in [5, 5.41) is 0. The maximum absolute atomic E-state index is 6.61. The molecule has 0 aromatic heterocycles. The first-order valence-electron chi connectivity index (χ1n) is 9.61. The van der Waals surface area contributed by atoms with Gasteiger partial charge in [-0.2, -0.15) is 0 Å². The van der Waals surface area contributed by atoms with Crippen molar-refractivity contribution in [2.45, 2.75) is 96.5 Å². The highest BCUT2D eigenvalue weighted by Gasteiger charge is 2.53. The second-order valence-electron chi connectivity index (χ2n) is 10.2. The van der Waals surface area contributed by atoms with Gasteiger partial charge in [-0.3, -0.25) is 0 Å². The standard InChI is InChI=1S/C16H37BO6Si3/c1-17-18-11-12-13(20-17)14(21-24(2,3)4)15(22-25(5,6)7)16(19-12)23-26(8,9)10/h12-16H,11H2,1-10H3/t12-,13+,14+,15-,16-/m1/s1. The molecule has 2 aliphatic heterocycles. The predicted molar refractivity (Wildman–Crippen MR) is 112 cm³/mol. The van der Waals surface area contributed by atoms with Gasteiger partial charge in [0.25, 0.3) is 0 Å². The Kier molecular flexibility index (Phi) is 7.07. The zero-order valence-electron chi connectivity index (χ0n) is 18.1. The molecule has 2 rings (SSSR count). The largest absolute Gasteiger partial charge is 0.453 e. The van der Waals surface area contributed by atoms with Gasteiger partial charge in [0.15, 0.2) is 31.2 Å². The van der Waals surface area contributed by atoms with Crippen molar-refractivity contribution in [3.8, 4) is 0 Å². The molecule has 2 heterocycles. The summed E-state index contributed by atoms with van der Waals surface area (Å²) in [6.45, 7) is 22.0. The molecule has 0 unspecified atom stereocenters. The van der Waals surface area contributed by atoms with Crippen molar-refractivity contribution in [2.24, 2.45) is 0 Å². The quantitative estimate of drug-likeness (QED) is 0.613. The zero-order chi connectivity index (χ0) is 19.9. The third kappa shape index (κ3) is 6.82. The van der Waals surface area contributed by atoms with Crippen molar-refractivity contribution in [3.05, 3.63) is 0 Å². The molecule has 6 nitrogen and oxygen atoms in total. The van der Waals surface area contributed by atoms with E-state index < -0.39 is 31.2 Å². The molecule has 2 saturated heterocycles. The summed E-state index contributed by atoms with van der Waals surface area (Å²) < 4.78 is 37.7. The Bertz CT molecular complexity index is 476. The van der Waals surface area contributed by atoms with Crippen LogP contribution in [0.25, 0.3) is 0 Å². The van der Waals surface area contributed by atoms with Gasteiger partial charge >= 0.3 is 7.12 Å². The zero-order valence-corrected chi connectivity index (χ0v) is 21.1. The topological polar surface area (TPSA) is 55.4 Å². The van der Waals surface area contributed by atoms with Crippen molar-refractivity contribution in [1.29, 1.82) is 0 Å². The van der Waals surface area contributed by atoms with Gasteiger partial charge in [0.2, 0.25) is 0 Å². The first-order chi connectivity index (χ1) is 11.6. The van der Waals surface area contributed by atoms with Gasteiger partial charge in [0, 0.05) is 0 Å². The first kappa shape index (κ1) is 22.8. The second kappa shape index (κ2) is 8.07. The van der Waals surface area contributed by atoms with Gasteiger partial charge in [-0.25, -0.2) is 0 Å². The monoisotopic (exact) mass is 420 g/mol. The van der Waals surface area contributed by atoms with E-state index in [1.807, 2.05) is 6.82 Å². The highest BCUT2D eigenvalue weighted by atomic mass is 28.4. The fraction of sp³-hybridized carbons (Fsp3) is 1.00. The normalized spacial score (nSPS) is 33.9. The van der Waals surface area contributed by atoms with Crippen molar-refractivity contribution in [3.63, 3.8) is 0 Å². The van der Waals surface area contributed by atoms with E-state index in [-0.39, 0.29) is 31.5 Å². The van der Waals surface area contributed by atoms with Gasteiger partial charge in [-0.15, -0.1) is 0 Å². The number of ether oxygens (including phenoxy) is 1. The van der Waals surface area contributed by atoms with E-state index in [4.69, 9.17) is 27.3 Å². The lowest BCUT2D eigenvalue weighted by molar-refractivity contribution is -0.278. The van der Waals surface area contributed by atoms with Crippen molar-refractivity contribution < 1.29 is 27.3 Å². The molecule has 0 saturated carbocycles. The van der Waals surface area contributed by atoms with Gasteiger partial charge in [-0.1, -0.05) is 0 Å². The van der Waals surface area contributed by atoms with E-state index in [0.717, 1.165) is 0 Å². The van der Waals surface area contributed by atoms with Crippen LogP contribution in [0.4, 0.5) is 0 Å². The van der Waals surface area contributed by atoms with Crippen molar-refractivity contribution >= 4 is 32.1 Å². The summed E-state index contributed by atoms with van der Waals surface area (Å²) in [5.74, 6) is 0. The number of hydrogen-bond acceptors (Lipinski definition) is 6. The Morgan fingerprint density at radius 1 is 0.769 bits per heavy atom. The molecule has 0 aliphatic carbocycles. The summed E-state index contributed by atoms with van der Waals surface area (Å²) in [4.78, 5) is 0. The molecule has 0 radical (unpaired) electrons. The van der Waals surface area contributed by atoms with Gasteiger partial charge < -0.3 is 27.3 Å². The average molecular weight is 421 g/mol. The molecule has 0 N–H and O–H groups in total. The van der Waals surface area contributed by atoms with Crippen LogP contribution in [0.15, 0.2) is 0 Å². The van der Waals surface area contributed by atoms with Gasteiger partial charge in [-0.05, 0) is 65.7 Å². The van der Waals surface area contributed by atoms with Crippen LogP contribution in [0.1, 0.15) is 0 Å². The van der Waals surface area contributed by atoms with Crippen molar-refractivity contribution in [1.82, 2.24) is 0 Å². The minimum atomic E-state index is -1.85. The van der Waals surface area contributed by atoms with Gasteiger partial charge in [0.1, 0.15) is 18.3 Å². The molecule has 0 aromatic rings. The van der Waals surface area contributed by atoms with Crippen LogP contribution in [0.3, 0.4) is 0 Å². The molecular weight excluding hydrogens is 383 g/mol. The van der Waals surface area contributed by atoms with Crippen molar-refractivity contribution in [2.75, 3.05) is 6.61 Å². The number of rotatable bonds is 6. The summed E-state index contributed by atoms with van der Waals surface area (Å²) in [6.07, 6.45) is -1.34.